The second-order valence-electron chi connectivity index (χ2n) is 8.54. The van der Waals surface area contributed by atoms with Crippen LogP contribution in [0.25, 0.3) is 0 Å². The number of benzene rings is 3. The normalized spacial score (nSPS) is 16.8. The molecule has 2 heterocycles. The number of nitro groups is 1. The Morgan fingerprint density at radius 2 is 1.91 bits per heavy atom. The van der Waals surface area contributed by atoms with Gasteiger partial charge in [-0.3, -0.25) is 15.0 Å². The van der Waals surface area contributed by atoms with Crippen molar-refractivity contribution in [2.45, 2.75) is 32.0 Å². The quantitative estimate of drug-likeness (QED) is 0.431. The lowest BCUT2D eigenvalue weighted by atomic mass is 9.83. The molecule has 0 fully saturated rings. The van der Waals surface area contributed by atoms with Crippen LogP contribution in [-0.4, -0.2) is 30.6 Å². The molecule has 1 N–H and O–H groups in total. The fourth-order valence-electron chi connectivity index (χ4n) is 5.11. The summed E-state index contributed by atoms with van der Waals surface area (Å²) >= 11 is 0. The van der Waals surface area contributed by atoms with Gasteiger partial charge in [-0.25, -0.2) is 0 Å². The number of nitrogens with one attached hydrogen (secondary N) is 1. The van der Waals surface area contributed by atoms with Crippen LogP contribution >= 0.6 is 0 Å². The molecule has 3 aromatic rings. The van der Waals surface area contributed by atoms with E-state index in [0.29, 0.717) is 12.2 Å². The van der Waals surface area contributed by atoms with Gasteiger partial charge in [-0.2, -0.15) is 0 Å². The molecule has 1 atom stereocenters. The standard InChI is InChI=1S/C26H27N3O4/c1-32-25-9-8-18-12-23-20-14-22(27-15-17-6-4-3-5-7-17)24(29(30)31)13-19(20)10-11-28(23)16-21(18)26(25)33-2/h3-9,13-14,23,27H,10-12,15-16H2,1-2H3. The van der Waals surface area contributed by atoms with Gasteiger partial charge in [-0.15, -0.1) is 0 Å². The second kappa shape index (κ2) is 8.75. The third kappa shape index (κ3) is 3.89. The number of nitrogens with zero attached hydrogens (tertiary/aromatic N) is 2. The Morgan fingerprint density at radius 3 is 2.64 bits per heavy atom. The SMILES string of the molecule is COc1ccc2c(c1OC)CN1CCc3cc([N+](=O)[O-])c(NCc4ccccc4)cc3C1C2. The number of anilines is 1. The number of fused-ring (bicyclic) bond motifs is 4. The van der Waals surface area contributed by atoms with Crippen molar-refractivity contribution >= 4 is 11.4 Å². The minimum Gasteiger partial charge on any atom is -0.493 e. The van der Waals surface area contributed by atoms with Crippen molar-refractivity contribution in [1.82, 2.24) is 4.90 Å². The largest absolute Gasteiger partial charge is 0.493 e. The average Bonchev–Trinajstić information content (AvgIpc) is 2.85. The lowest BCUT2D eigenvalue weighted by molar-refractivity contribution is -0.384. The fourth-order valence-corrected chi connectivity index (χ4v) is 5.11. The van der Waals surface area contributed by atoms with Gasteiger partial charge >= 0.3 is 0 Å². The van der Waals surface area contributed by atoms with Crippen molar-refractivity contribution in [2.24, 2.45) is 0 Å². The molecule has 7 heteroatoms. The Balaban J connectivity index is 1.50. The summed E-state index contributed by atoms with van der Waals surface area (Å²) in [4.78, 5) is 14.0. The summed E-state index contributed by atoms with van der Waals surface area (Å²) in [6, 6.07) is 17.9. The zero-order chi connectivity index (χ0) is 22.9. The first-order valence-electron chi connectivity index (χ1n) is 11.1. The predicted molar refractivity (Wildman–Crippen MR) is 127 cm³/mol. The maximum absolute atomic E-state index is 11.8. The monoisotopic (exact) mass is 445 g/mol. The van der Waals surface area contributed by atoms with Gasteiger partial charge in [0.15, 0.2) is 11.5 Å². The molecular weight excluding hydrogens is 418 g/mol. The molecule has 7 nitrogen and oxygen atoms in total. The van der Waals surface area contributed by atoms with Crippen molar-refractivity contribution in [3.63, 3.8) is 0 Å². The lowest BCUT2D eigenvalue weighted by Gasteiger charge is -2.42. The highest BCUT2D eigenvalue weighted by Crippen LogP contribution is 2.45. The van der Waals surface area contributed by atoms with Crippen LogP contribution in [-0.2, 0) is 25.9 Å². The van der Waals surface area contributed by atoms with E-state index in [0.717, 1.165) is 48.6 Å². The highest BCUT2D eigenvalue weighted by Gasteiger charge is 2.35. The van der Waals surface area contributed by atoms with Crippen molar-refractivity contribution in [1.29, 1.82) is 0 Å². The van der Waals surface area contributed by atoms with E-state index in [1.54, 1.807) is 20.3 Å². The number of hydrogen-bond donors (Lipinski definition) is 1. The van der Waals surface area contributed by atoms with Crippen LogP contribution in [0.15, 0.2) is 54.6 Å². The van der Waals surface area contributed by atoms with Crippen molar-refractivity contribution in [3.8, 4) is 11.5 Å². The van der Waals surface area contributed by atoms with E-state index in [1.807, 2.05) is 42.5 Å². The molecule has 0 spiro atoms. The summed E-state index contributed by atoms with van der Waals surface area (Å²) in [5.74, 6) is 1.54. The summed E-state index contributed by atoms with van der Waals surface area (Å²) < 4.78 is 11.2. The molecule has 0 amide bonds. The van der Waals surface area contributed by atoms with E-state index in [1.165, 1.54) is 16.7 Å². The molecule has 33 heavy (non-hydrogen) atoms. The topological polar surface area (TPSA) is 76.9 Å². The van der Waals surface area contributed by atoms with Gasteiger partial charge < -0.3 is 14.8 Å². The Kier molecular flexibility index (Phi) is 5.64. The van der Waals surface area contributed by atoms with Crippen molar-refractivity contribution in [3.05, 3.63) is 92.5 Å². The van der Waals surface area contributed by atoms with Gasteiger partial charge in [-0.05, 0) is 47.2 Å². The zero-order valence-electron chi connectivity index (χ0n) is 18.8. The Morgan fingerprint density at radius 1 is 1.09 bits per heavy atom. The van der Waals surface area contributed by atoms with Gasteiger partial charge in [-0.1, -0.05) is 36.4 Å². The van der Waals surface area contributed by atoms with Gasteiger partial charge in [0.05, 0.1) is 19.1 Å². The van der Waals surface area contributed by atoms with Crippen LogP contribution < -0.4 is 14.8 Å². The number of nitro benzene ring substituents is 1. The molecule has 3 aromatic carbocycles. The summed E-state index contributed by atoms with van der Waals surface area (Å²) in [6.45, 7) is 2.16. The fraction of sp³-hybridized carbons (Fsp3) is 0.308. The first kappa shape index (κ1) is 21.3. The van der Waals surface area contributed by atoms with E-state index < -0.39 is 0 Å². The second-order valence-corrected chi connectivity index (χ2v) is 8.54. The minimum atomic E-state index is -0.284. The highest BCUT2D eigenvalue weighted by molar-refractivity contribution is 5.66. The van der Waals surface area contributed by atoms with Crippen LogP contribution in [0.2, 0.25) is 0 Å². The number of hydrogen-bond acceptors (Lipinski definition) is 6. The summed E-state index contributed by atoms with van der Waals surface area (Å²) in [5.41, 5.74) is 6.43. The highest BCUT2D eigenvalue weighted by atomic mass is 16.6. The van der Waals surface area contributed by atoms with Crippen molar-refractivity contribution in [2.75, 3.05) is 26.1 Å². The first-order chi connectivity index (χ1) is 16.1. The molecule has 0 saturated heterocycles. The van der Waals surface area contributed by atoms with E-state index in [2.05, 4.69) is 16.3 Å². The molecule has 1 unspecified atom stereocenters. The molecule has 0 saturated carbocycles. The van der Waals surface area contributed by atoms with Crippen LogP contribution in [0.1, 0.15) is 33.9 Å². The Hall–Kier alpha value is -3.58. The maximum Gasteiger partial charge on any atom is 0.292 e. The van der Waals surface area contributed by atoms with Gasteiger partial charge in [0, 0.05) is 37.3 Å². The number of ether oxygens (including phenoxy) is 2. The summed E-state index contributed by atoms with van der Waals surface area (Å²) in [5, 5.41) is 15.1. The van der Waals surface area contributed by atoms with Crippen LogP contribution in [0.4, 0.5) is 11.4 Å². The maximum atomic E-state index is 11.8. The van der Waals surface area contributed by atoms with Gasteiger partial charge in [0.25, 0.3) is 5.69 Å². The van der Waals surface area contributed by atoms with Crippen LogP contribution in [0.5, 0.6) is 11.5 Å². The predicted octanol–water partition coefficient (Wildman–Crippen LogP) is 4.88. The molecule has 0 aliphatic carbocycles. The molecule has 170 valence electrons. The number of methoxy groups -OCH3 is 2. The molecular formula is C26H27N3O4. The number of rotatable bonds is 6. The van der Waals surface area contributed by atoms with Gasteiger partial charge in [0.1, 0.15) is 5.69 Å². The van der Waals surface area contributed by atoms with E-state index in [9.17, 15) is 10.1 Å². The third-order valence-electron chi connectivity index (χ3n) is 6.77. The van der Waals surface area contributed by atoms with E-state index in [-0.39, 0.29) is 16.7 Å². The Labute approximate surface area is 193 Å². The minimum absolute atomic E-state index is 0.140. The van der Waals surface area contributed by atoms with Gasteiger partial charge in [0.2, 0.25) is 0 Å². The van der Waals surface area contributed by atoms with E-state index >= 15 is 0 Å². The Bertz CT molecular complexity index is 1200. The molecule has 5 rings (SSSR count). The summed E-state index contributed by atoms with van der Waals surface area (Å²) in [6.07, 6.45) is 1.62. The molecule has 0 aromatic heterocycles. The molecule has 2 aliphatic rings. The first-order valence-corrected chi connectivity index (χ1v) is 11.1. The molecule has 0 radical (unpaired) electrons. The third-order valence-corrected chi connectivity index (χ3v) is 6.77. The van der Waals surface area contributed by atoms with E-state index in [4.69, 9.17) is 9.47 Å². The molecule has 2 aliphatic heterocycles. The van der Waals surface area contributed by atoms with Crippen LogP contribution in [0, 0.1) is 10.1 Å². The smallest absolute Gasteiger partial charge is 0.292 e. The molecule has 0 bridgehead atoms. The van der Waals surface area contributed by atoms with Crippen molar-refractivity contribution < 1.29 is 14.4 Å². The average molecular weight is 446 g/mol. The lowest BCUT2D eigenvalue weighted by Crippen LogP contribution is -2.39. The summed E-state index contributed by atoms with van der Waals surface area (Å²) in [7, 11) is 3.34. The zero-order valence-corrected chi connectivity index (χ0v) is 18.8. The van der Waals surface area contributed by atoms with Crippen LogP contribution in [0.3, 0.4) is 0 Å².